The number of halogens is 5. The van der Waals surface area contributed by atoms with E-state index in [4.69, 9.17) is 4.74 Å². The third kappa shape index (κ3) is 8.52. The van der Waals surface area contributed by atoms with Gasteiger partial charge in [-0.05, 0) is 39.5 Å². The van der Waals surface area contributed by atoms with Gasteiger partial charge >= 0.3 is 0 Å². The molecule has 0 heterocycles. The van der Waals surface area contributed by atoms with Gasteiger partial charge in [0.2, 0.25) is 5.82 Å². The zero-order valence-electron chi connectivity index (χ0n) is 18.7. The van der Waals surface area contributed by atoms with Gasteiger partial charge in [-0.15, -0.1) is 0 Å². The van der Waals surface area contributed by atoms with E-state index >= 15 is 0 Å². The molecule has 0 aliphatic carbocycles. The Bertz CT molecular complexity index is 606. The van der Waals surface area contributed by atoms with Gasteiger partial charge in [-0.3, -0.25) is 0 Å². The second kappa shape index (κ2) is 14.0. The first kappa shape index (κ1) is 26.9. The van der Waals surface area contributed by atoms with E-state index in [-0.39, 0.29) is 12.0 Å². The monoisotopic (exact) mass is 436 g/mol. The molecule has 0 aliphatic rings. The van der Waals surface area contributed by atoms with Gasteiger partial charge in [-0.2, -0.15) is 0 Å². The van der Waals surface area contributed by atoms with Crippen molar-refractivity contribution in [3.8, 4) is 0 Å². The molecule has 0 saturated carbocycles. The molecule has 30 heavy (non-hydrogen) atoms. The quantitative estimate of drug-likeness (QED) is 0.109. The Balaban J connectivity index is 2.41. The van der Waals surface area contributed by atoms with Crippen molar-refractivity contribution in [2.75, 3.05) is 6.61 Å². The minimum Gasteiger partial charge on any atom is -0.376 e. The summed E-state index contributed by atoms with van der Waals surface area (Å²) in [5.74, 6) is -9.29. The maximum Gasteiger partial charge on any atom is 0.200 e. The Morgan fingerprint density at radius 3 is 1.53 bits per heavy atom. The molecule has 1 rings (SSSR count). The molecule has 1 nitrogen and oxygen atoms in total. The summed E-state index contributed by atoms with van der Waals surface area (Å²) in [4.78, 5) is 0. The zero-order chi connectivity index (χ0) is 22.6. The molecule has 1 unspecified atom stereocenters. The van der Waals surface area contributed by atoms with Gasteiger partial charge in [0.25, 0.3) is 0 Å². The summed E-state index contributed by atoms with van der Waals surface area (Å²) in [5, 5.41) is 0. The summed E-state index contributed by atoms with van der Waals surface area (Å²) in [7, 11) is 0. The molecular weight excluding hydrogens is 399 g/mol. The van der Waals surface area contributed by atoms with Crippen LogP contribution in [0.1, 0.15) is 103 Å². The third-order valence-corrected chi connectivity index (χ3v) is 5.74. The van der Waals surface area contributed by atoms with E-state index in [1.165, 1.54) is 38.5 Å². The summed E-state index contributed by atoms with van der Waals surface area (Å²) in [6, 6.07) is 0. The lowest BCUT2D eigenvalue weighted by molar-refractivity contribution is -0.0403. The first-order valence-electron chi connectivity index (χ1n) is 11.4. The molecule has 0 bridgehead atoms. The molecule has 0 saturated heterocycles. The van der Waals surface area contributed by atoms with Crippen molar-refractivity contribution in [1.29, 1.82) is 0 Å². The standard InChI is InChI=1S/C24H37F5O/c1-4-6-7-8-9-10-13-16-24(3,30-5-2)17-14-11-12-15-18-19(25)21(27)23(29)22(28)20(18)26/h4-17H2,1-3H3. The molecule has 0 spiro atoms. The normalized spacial score (nSPS) is 13.6. The summed E-state index contributed by atoms with van der Waals surface area (Å²) in [6.45, 7) is 6.89. The fourth-order valence-corrected chi connectivity index (χ4v) is 3.92. The van der Waals surface area contributed by atoms with Crippen LogP contribution in [0.2, 0.25) is 0 Å². The molecule has 1 atom stereocenters. The second-order valence-corrected chi connectivity index (χ2v) is 8.36. The van der Waals surface area contributed by atoms with E-state index in [1.807, 2.05) is 6.92 Å². The van der Waals surface area contributed by atoms with Crippen LogP contribution in [0.5, 0.6) is 0 Å². The lowest BCUT2D eigenvalue weighted by atomic mass is 9.91. The van der Waals surface area contributed by atoms with Gasteiger partial charge in [0.1, 0.15) is 0 Å². The highest BCUT2D eigenvalue weighted by molar-refractivity contribution is 5.24. The van der Waals surface area contributed by atoms with E-state index in [2.05, 4.69) is 13.8 Å². The highest BCUT2D eigenvalue weighted by Gasteiger charge is 2.26. The Morgan fingerprint density at radius 2 is 1.03 bits per heavy atom. The van der Waals surface area contributed by atoms with Gasteiger partial charge in [-0.1, -0.05) is 64.7 Å². The van der Waals surface area contributed by atoms with Crippen LogP contribution in [-0.4, -0.2) is 12.2 Å². The highest BCUT2D eigenvalue weighted by Crippen LogP contribution is 2.28. The van der Waals surface area contributed by atoms with E-state index in [0.29, 0.717) is 19.4 Å². The molecule has 174 valence electrons. The van der Waals surface area contributed by atoms with Crippen LogP contribution >= 0.6 is 0 Å². The smallest absolute Gasteiger partial charge is 0.200 e. The van der Waals surface area contributed by atoms with Crippen LogP contribution in [0.4, 0.5) is 22.0 Å². The molecule has 0 fully saturated rings. The number of ether oxygens (including phenoxy) is 1. The van der Waals surface area contributed by atoms with Gasteiger partial charge in [0, 0.05) is 12.2 Å². The van der Waals surface area contributed by atoms with Crippen molar-refractivity contribution < 1.29 is 26.7 Å². The number of rotatable bonds is 16. The Morgan fingerprint density at radius 1 is 0.600 bits per heavy atom. The van der Waals surface area contributed by atoms with E-state index in [9.17, 15) is 22.0 Å². The maximum atomic E-state index is 13.7. The van der Waals surface area contributed by atoms with Gasteiger partial charge in [-0.25, -0.2) is 22.0 Å². The predicted octanol–water partition coefficient (Wildman–Crippen LogP) is 8.42. The molecular formula is C24H37F5O. The molecule has 0 radical (unpaired) electrons. The molecule has 0 aliphatic heterocycles. The van der Waals surface area contributed by atoms with E-state index in [0.717, 1.165) is 25.7 Å². The van der Waals surface area contributed by atoms with Crippen LogP contribution in [0.25, 0.3) is 0 Å². The zero-order valence-corrected chi connectivity index (χ0v) is 18.7. The summed E-state index contributed by atoms with van der Waals surface area (Å²) in [6.07, 6.45) is 12.0. The first-order chi connectivity index (χ1) is 14.3. The average molecular weight is 437 g/mol. The van der Waals surface area contributed by atoms with Crippen molar-refractivity contribution in [3.63, 3.8) is 0 Å². The third-order valence-electron chi connectivity index (χ3n) is 5.74. The minimum absolute atomic E-state index is 0.172. The number of benzene rings is 1. The largest absolute Gasteiger partial charge is 0.376 e. The summed E-state index contributed by atoms with van der Waals surface area (Å²) in [5.41, 5.74) is -0.954. The van der Waals surface area contributed by atoms with Crippen molar-refractivity contribution in [1.82, 2.24) is 0 Å². The molecule has 1 aromatic carbocycles. The number of hydrogen-bond acceptors (Lipinski definition) is 1. The van der Waals surface area contributed by atoms with Gasteiger partial charge < -0.3 is 4.74 Å². The van der Waals surface area contributed by atoms with Crippen molar-refractivity contribution >= 4 is 0 Å². The van der Waals surface area contributed by atoms with Gasteiger partial charge in [0.05, 0.1) is 5.60 Å². The molecule has 0 N–H and O–H groups in total. The summed E-state index contributed by atoms with van der Waals surface area (Å²) < 4.78 is 73.1. The average Bonchev–Trinajstić information content (AvgIpc) is 2.72. The van der Waals surface area contributed by atoms with Crippen LogP contribution in [0.15, 0.2) is 0 Å². The Hall–Kier alpha value is -1.17. The van der Waals surface area contributed by atoms with E-state index < -0.39 is 34.6 Å². The van der Waals surface area contributed by atoms with Crippen molar-refractivity contribution in [2.24, 2.45) is 0 Å². The number of hydrogen-bond donors (Lipinski definition) is 0. The first-order valence-corrected chi connectivity index (χ1v) is 11.4. The number of unbranched alkanes of at least 4 members (excludes halogenated alkanes) is 8. The summed E-state index contributed by atoms with van der Waals surface area (Å²) >= 11 is 0. The topological polar surface area (TPSA) is 9.23 Å². The van der Waals surface area contributed by atoms with Crippen LogP contribution in [-0.2, 0) is 11.2 Å². The minimum atomic E-state index is -2.11. The van der Waals surface area contributed by atoms with E-state index in [1.54, 1.807) is 0 Å². The maximum absolute atomic E-state index is 13.7. The molecule has 0 aromatic heterocycles. The SMILES string of the molecule is CCCCCCCCCC(C)(CCCCCc1c(F)c(F)c(F)c(F)c1F)OCC. The lowest BCUT2D eigenvalue weighted by Gasteiger charge is -2.30. The molecule has 1 aromatic rings. The molecule has 0 amide bonds. The van der Waals surface area contributed by atoms with Gasteiger partial charge in [0.15, 0.2) is 23.3 Å². The second-order valence-electron chi connectivity index (χ2n) is 8.36. The van der Waals surface area contributed by atoms with Crippen LogP contribution in [0.3, 0.4) is 0 Å². The Labute approximate surface area is 178 Å². The fraction of sp³-hybridized carbons (Fsp3) is 0.750. The van der Waals surface area contributed by atoms with Crippen molar-refractivity contribution in [3.05, 3.63) is 34.6 Å². The lowest BCUT2D eigenvalue weighted by Crippen LogP contribution is -2.28. The Kier molecular flexibility index (Phi) is 12.5. The molecule has 6 heteroatoms. The van der Waals surface area contributed by atoms with Crippen LogP contribution in [0, 0.1) is 29.1 Å². The van der Waals surface area contributed by atoms with Crippen molar-refractivity contribution in [2.45, 2.75) is 110 Å². The van der Waals surface area contributed by atoms with Crippen LogP contribution < -0.4 is 0 Å². The predicted molar refractivity (Wildman–Crippen MR) is 111 cm³/mol. The fourth-order valence-electron chi connectivity index (χ4n) is 3.92. The highest BCUT2D eigenvalue weighted by atomic mass is 19.2.